The number of nitrogens with zero attached hydrogens (tertiary/aromatic N) is 2. The normalized spacial score (nSPS) is 19.1. The summed E-state index contributed by atoms with van der Waals surface area (Å²) in [5.74, 6) is 0.615. The average molecular weight is 306 g/mol. The van der Waals surface area contributed by atoms with Crippen LogP contribution in [0.4, 0.5) is 5.69 Å². The van der Waals surface area contributed by atoms with E-state index in [1.807, 2.05) is 25.2 Å². The van der Waals surface area contributed by atoms with Crippen molar-refractivity contribution in [2.75, 3.05) is 32.1 Å². The maximum atomic E-state index is 12.0. The highest BCUT2D eigenvalue weighted by atomic mass is 16.5. The number of fused-ring (bicyclic) bond motifs is 1. The Morgan fingerprint density at radius 1 is 1.45 bits per heavy atom. The third kappa shape index (κ3) is 3.59. The number of benzene rings is 1. The van der Waals surface area contributed by atoms with E-state index < -0.39 is 12.2 Å². The second-order valence-corrected chi connectivity index (χ2v) is 6.02. The molecule has 2 unspecified atom stereocenters. The van der Waals surface area contributed by atoms with Crippen LogP contribution in [-0.2, 0) is 4.79 Å². The van der Waals surface area contributed by atoms with E-state index in [-0.39, 0.29) is 5.91 Å². The maximum Gasteiger partial charge on any atom is 0.267 e. The molecule has 2 rings (SSSR count). The number of rotatable bonds is 6. The van der Waals surface area contributed by atoms with E-state index in [1.54, 1.807) is 18.9 Å². The standard InChI is InChI=1S/C17H26N2O3/c1-5-6-9-18(3)11-15(20)13-7-8-16-14(10-13)19(4)17(21)12(2)22-16/h7-8,10,12,15,20H,5-6,9,11H2,1-4H3. The average Bonchev–Trinajstić information content (AvgIpc) is 2.50. The summed E-state index contributed by atoms with van der Waals surface area (Å²) in [4.78, 5) is 15.7. The SMILES string of the molecule is CCCCN(C)CC(O)c1ccc2c(c1)N(C)C(=O)C(C)O2. The molecular formula is C17H26N2O3. The van der Waals surface area contributed by atoms with Crippen LogP contribution in [0.5, 0.6) is 5.75 Å². The Balaban J connectivity index is 2.12. The number of hydrogen-bond acceptors (Lipinski definition) is 4. The highest BCUT2D eigenvalue weighted by molar-refractivity contribution is 5.99. The smallest absolute Gasteiger partial charge is 0.267 e. The molecule has 1 aromatic carbocycles. The fourth-order valence-corrected chi connectivity index (χ4v) is 2.66. The minimum atomic E-state index is -0.574. The fourth-order valence-electron chi connectivity index (χ4n) is 2.66. The van der Waals surface area contributed by atoms with Gasteiger partial charge in [-0.2, -0.15) is 0 Å². The van der Waals surface area contributed by atoms with Crippen LogP contribution in [0.1, 0.15) is 38.4 Å². The maximum absolute atomic E-state index is 12.0. The summed E-state index contributed by atoms with van der Waals surface area (Å²) in [7, 11) is 3.75. The van der Waals surface area contributed by atoms with Crippen LogP contribution >= 0.6 is 0 Å². The summed E-state index contributed by atoms with van der Waals surface area (Å²) in [6, 6.07) is 5.55. The van der Waals surface area contributed by atoms with Gasteiger partial charge in [-0.3, -0.25) is 4.79 Å². The van der Waals surface area contributed by atoms with E-state index in [0.717, 1.165) is 30.6 Å². The second kappa shape index (κ2) is 7.11. The molecule has 2 atom stereocenters. The molecule has 0 aliphatic carbocycles. The van der Waals surface area contributed by atoms with Gasteiger partial charge >= 0.3 is 0 Å². The Morgan fingerprint density at radius 2 is 2.18 bits per heavy atom. The van der Waals surface area contributed by atoms with Crippen molar-refractivity contribution in [3.05, 3.63) is 23.8 Å². The zero-order chi connectivity index (χ0) is 16.3. The number of anilines is 1. The van der Waals surface area contributed by atoms with Gasteiger partial charge in [-0.25, -0.2) is 0 Å². The van der Waals surface area contributed by atoms with E-state index in [1.165, 1.54) is 0 Å². The van der Waals surface area contributed by atoms with Crippen LogP contribution in [0.2, 0.25) is 0 Å². The van der Waals surface area contributed by atoms with Crippen molar-refractivity contribution in [1.82, 2.24) is 4.90 Å². The topological polar surface area (TPSA) is 53.0 Å². The van der Waals surface area contributed by atoms with E-state index >= 15 is 0 Å². The summed E-state index contributed by atoms with van der Waals surface area (Å²) in [5.41, 5.74) is 1.52. The van der Waals surface area contributed by atoms with Crippen molar-refractivity contribution in [1.29, 1.82) is 0 Å². The molecule has 0 saturated carbocycles. The molecule has 5 nitrogen and oxygen atoms in total. The van der Waals surface area contributed by atoms with Crippen LogP contribution in [0, 0.1) is 0 Å². The van der Waals surface area contributed by atoms with Crippen molar-refractivity contribution in [3.63, 3.8) is 0 Å². The number of aliphatic hydroxyl groups excluding tert-OH is 1. The van der Waals surface area contributed by atoms with Crippen molar-refractivity contribution in [2.45, 2.75) is 38.9 Å². The Morgan fingerprint density at radius 3 is 2.86 bits per heavy atom. The molecule has 1 amide bonds. The van der Waals surface area contributed by atoms with Gasteiger partial charge in [0.2, 0.25) is 0 Å². The van der Waals surface area contributed by atoms with E-state index in [0.29, 0.717) is 12.3 Å². The van der Waals surface area contributed by atoms with Crippen molar-refractivity contribution >= 4 is 11.6 Å². The van der Waals surface area contributed by atoms with Crippen molar-refractivity contribution < 1.29 is 14.6 Å². The first-order valence-electron chi connectivity index (χ1n) is 7.88. The highest BCUT2D eigenvalue weighted by Crippen LogP contribution is 2.35. The van der Waals surface area contributed by atoms with Gasteiger partial charge in [-0.05, 0) is 44.6 Å². The van der Waals surface area contributed by atoms with Gasteiger partial charge in [0.25, 0.3) is 5.91 Å². The number of unbranched alkanes of at least 4 members (excludes halogenated alkanes) is 1. The summed E-state index contributed by atoms with van der Waals surface area (Å²) in [5, 5.41) is 10.4. The largest absolute Gasteiger partial charge is 0.479 e. The lowest BCUT2D eigenvalue weighted by atomic mass is 10.1. The highest BCUT2D eigenvalue weighted by Gasteiger charge is 2.29. The molecule has 0 saturated heterocycles. The van der Waals surface area contributed by atoms with Gasteiger partial charge < -0.3 is 19.6 Å². The molecule has 1 aliphatic rings. The molecule has 1 aliphatic heterocycles. The molecule has 0 spiro atoms. The van der Waals surface area contributed by atoms with Gasteiger partial charge in [0.15, 0.2) is 6.10 Å². The minimum absolute atomic E-state index is 0.0702. The van der Waals surface area contributed by atoms with Crippen LogP contribution in [-0.4, -0.2) is 49.2 Å². The third-order valence-corrected chi connectivity index (χ3v) is 4.09. The van der Waals surface area contributed by atoms with Gasteiger partial charge in [0, 0.05) is 13.6 Å². The Bertz CT molecular complexity index is 533. The molecule has 0 radical (unpaired) electrons. The molecular weight excluding hydrogens is 280 g/mol. The number of amides is 1. The molecule has 1 N–H and O–H groups in total. The van der Waals surface area contributed by atoms with Gasteiger partial charge in [0.05, 0.1) is 11.8 Å². The lowest BCUT2D eigenvalue weighted by molar-refractivity contribution is -0.125. The number of ether oxygens (including phenoxy) is 1. The molecule has 0 fully saturated rings. The summed E-state index contributed by atoms with van der Waals surface area (Å²) < 4.78 is 5.60. The van der Waals surface area contributed by atoms with Gasteiger partial charge in [0.1, 0.15) is 5.75 Å². The lowest BCUT2D eigenvalue weighted by Crippen LogP contribution is -2.42. The number of likely N-dealkylation sites (N-methyl/N-ethyl adjacent to an activating group) is 2. The number of carbonyl (C=O) groups is 1. The number of hydrogen-bond donors (Lipinski definition) is 1. The van der Waals surface area contributed by atoms with Crippen LogP contribution in [0.15, 0.2) is 18.2 Å². The van der Waals surface area contributed by atoms with Crippen LogP contribution in [0.25, 0.3) is 0 Å². The van der Waals surface area contributed by atoms with Crippen LogP contribution < -0.4 is 9.64 Å². The molecule has 1 heterocycles. The zero-order valence-corrected chi connectivity index (χ0v) is 13.9. The molecule has 0 bridgehead atoms. The molecule has 22 heavy (non-hydrogen) atoms. The molecule has 5 heteroatoms. The first-order chi connectivity index (χ1) is 10.4. The monoisotopic (exact) mass is 306 g/mol. The third-order valence-electron chi connectivity index (χ3n) is 4.09. The van der Waals surface area contributed by atoms with E-state index in [2.05, 4.69) is 11.8 Å². The molecule has 0 aromatic heterocycles. The first kappa shape index (κ1) is 16.8. The number of carbonyl (C=O) groups excluding carboxylic acids is 1. The van der Waals surface area contributed by atoms with Gasteiger partial charge in [-0.1, -0.05) is 19.4 Å². The summed E-state index contributed by atoms with van der Waals surface area (Å²) in [6.45, 7) is 5.44. The second-order valence-electron chi connectivity index (χ2n) is 6.02. The first-order valence-corrected chi connectivity index (χ1v) is 7.88. The van der Waals surface area contributed by atoms with Crippen LogP contribution in [0.3, 0.4) is 0 Å². The Labute approximate surface area is 132 Å². The minimum Gasteiger partial charge on any atom is -0.479 e. The lowest BCUT2D eigenvalue weighted by Gasteiger charge is -2.31. The quantitative estimate of drug-likeness (QED) is 0.875. The molecule has 122 valence electrons. The number of aliphatic hydroxyl groups is 1. The van der Waals surface area contributed by atoms with Gasteiger partial charge in [-0.15, -0.1) is 0 Å². The Kier molecular flexibility index (Phi) is 5.42. The predicted octanol–water partition coefficient (Wildman–Crippen LogP) is 2.20. The summed E-state index contributed by atoms with van der Waals surface area (Å²) >= 11 is 0. The van der Waals surface area contributed by atoms with E-state index in [9.17, 15) is 9.90 Å². The zero-order valence-electron chi connectivity index (χ0n) is 13.9. The fraction of sp³-hybridized carbons (Fsp3) is 0.588. The predicted molar refractivity (Wildman–Crippen MR) is 87.3 cm³/mol. The summed E-state index contributed by atoms with van der Waals surface area (Å²) in [6.07, 6.45) is 1.22. The van der Waals surface area contributed by atoms with E-state index in [4.69, 9.17) is 4.74 Å². The van der Waals surface area contributed by atoms with Crippen molar-refractivity contribution in [3.8, 4) is 5.75 Å². The Hall–Kier alpha value is -1.59. The van der Waals surface area contributed by atoms with Crippen molar-refractivity contribution in [2.24, 2.45) is 0 Å². The molecule has 1 aromatic rings.